The molecule has 7 amide bonds. The number of likely N-dealkylation sites (tertiary alicyclic amines) is 1. The predicted molar refractivity (Wildman–Crippen MR) is 270 cm³/mol. The lowest BCUT2D eigenvalue weighted by molar-refractivity contribution is -0.246. The fourth-order valence-electron chi connectivity index (χ4n) is 9.41. The zero-order valence-electron chi connectivity index (χ0n) is 43.9. The van der Waals surface area contributed by atoms with E-state index in [4.69, 9.17) is 9.47 Å². The SMILES string of the molecule is CC(C)C[C@H](NC(=O)OC(C)(C)C)C(=O)N[C@H](Cc1ccccc1)C(=O)N1CCC[C@H]1C(=O)N[C@H](C(=O)N[C@@H](CCCCNC(=O)OCc1ccccc1)C(=O)NC1CC(C)(C)N(O)C(C)(C)C1)C(C)C. The molecule has 5 atom stereocenters. The number of unbranched alkanes of at least 4 members (excludes halogenated alkanes) is 1. The lowest BCUT2D eigenvalue weighted by atomic mass is 9.79. The highest BCUT2D eigenvalue weighted by Gasteiger charge is 2.46. The number of hydrogen-bond donors (Lipinski definition) is 7. The molecule has 2 fully saturated rings. The predicted octanol–water partition coefficient (Wildman–Crippen LogP) is 5.89. The summed E-state index contributed by atoms with van der Waals surface area (Å²) in [5, 5.41) is 29.5. The Morgan fingerprint density at radius 2 is 1.32 bits per heavy atom. The second kappa shape index (κ2) is 26.1. The van der Waals surface area contributed by atoms with E-state index in [-0.39, 0.29) is 50.9 Å². The quantitative estimate of drug-likeness (QED) is 0.0687. The Morgan fingerprint density at radius 3 is 1.90 bits per heavy atom. The average molecular weight is 991 g/mol. The first-order valence-corrected chi connectivity index (χ1v) is 25.3. The normalized spacial score (nSPS) is 18.6. The summed E-state index contributed by atoms with van der Waals surface area (Å²) in [4.78, 5) is 98.1. The van der Waals surface area contributed by atoms with Crippen molar-refractivity contribution in [3.8, 4) is 0 Å². The maximum Gasteiger partial charge on any atom is 0.408 e. The van der Waals surface area contributed by atoms with E-state index in [2.05, 4.69) is 31.9 Å². The summed E-state index contributed by atoms with van der Waals surface area (Å²) in [6.07, 6.45) is 1.89. The number of amides is 7. The molecule has 2 aromatic carbocycles. The molecule has 71 heavy (non-hydrogen) atoms. The van der Waals surface area contributed by atoms with Gasteiger partial charge in [0.05, 0.1) is 0 Å². The minimum Gasteiger partial charge on any atom is -0.445 e. The Hall–Kier alpha value is -5.75. The maximum absolute atomic E-state index is 14.6. The summed E-state index contributed by atoms with van der Waals surface area (Å²) >= 11 is 0. The van der Waals surface area contributed by atoms with Gasteiger partial charge in [-0.25, -0.2) is 9.59 Å². The van der Waals surface area contributed by atoms with Crippen molar-refractivity contribution < 1.29 is 48.2 Å². The van der Waals surface area contributed by atoms with Gasteiger partial charge in [-0.15, -0.1) is 0 Å². The van der Waals surface area contributed by atoms with Crippen molar-refractivity contribution in [2.75, 3.05) is 13.1 Å². The molecule has 0 spiro atoms. The number of piperidine rings is 1. The van der Waals surface area contributed by atoms with E-state index < -0.39 is 94.5 Å². The molecule has 0 saturated carbocycles. The van der Waals surface area contributed by atoms with Crippen molar-refractivity contribution in [2.45, 2.75) is 193 Å². The molecule has 2 aromatic rings. The molecule has 2 aliphatic rings. The summed E-state index contributed by atoms with van der Waals surface area (Å²) in [6.45, 7) is 20.7. The van der Waals surface area contributed by atoms with E-state index in [1.165, 1.54) is 9.96 Å². The molecule has 394 valence electrons. The van der Waals surface area contributed by atoms with E-state index in [1.807, 2.05) is 102 Å². The zero-order chi connectivity index (χ0) is 52.7. The minimum atomic E-state index is -1.10. The fourth-order valence-corrected chi connectivity index (χ4v) is 9.41. The third-order valence-electron chi connectivity index (χ3n) is 12.7. The van der Waals surface area contributed by atoms with Gasteiger partial charge >= 0.3 is 12.2 Å². The fraction of sp³-hybridized carbons (Fsp3) is 0.642. The van der Waals surface area contributed by atoms with Crippen LogP contribution in [0.5, 0.6) is 0 Å². The van der Waals surface area contributed by atoms with Crippen molar-refractivity contribution in [2.24, 2.45) is 11.8 Å². The number of hydroxylamine groups is 2. The number of rotatable bonds is 22. The number of carbonyl (C=O) groups excluding carboxylic acids is 7. The Morgan fingerprint density at radius 1 is 0.732 bits per heavy atom. The van der Waals surface area contributed by atoms with Crippen molar-refractivity contribution in [1.82, 2.24) is 41.9 Å². The molecular formula is C53H82N8O10. The Kier molecular flexibility index (Phi) is 21.3. The maximum atomic E-state index is 14.6. The van der Waals surface area contributed by atoms with E-state index in [1.54, 1.807) is 34.6 Å². The molecule has 0 radical (unpaired) electrons. The van der Waals surface area contributed by atoms with Crippen LogP contribution in [0.2, 0.25) is 0 Å². The third-order valence-corrected chi connectivity index (χ3v) is 12.7. The number of nitrogens with one attached hydrogen (secondary N) is 6. The number of alkyl carbamates (subject to hydrolysis) is 2. The average Bonchev–Trinajstić information content (AvgIpc) is 3.78. The standard InChI is InChI=1S/C53H82N8O10/c1-34(2)29-40(58-50(68)71-51(5,6)7)45(63)57-41(30-36-21-14-12-15-22-36)48(66)60-28-20-26-42(60)46(64)59-43(35(3)4)47(65)56-39(44(62)55-38-31-52(8,9)61(69)53(10,11)32-38)25-18-19-27-54-49(67)70-33-37-23-16-13-17-24-37/h12-17,21-24,34-35,38-43,69H,18-20,25-33H2,1-11H3,(H,54,67)(H,55,62)(H,56,65)(H,57,63)(H,58,68)(H,59,64)/t39-,40-,41+,42-,43-/m0/s1. The van der Waals surface area contributed by atoms with Crippen LogP contribution in [-0.2, 0) is 46.5 Å². The molecule has 0 bridgehead atoms. The third kappa shape index (κ3) is 18.4. The number of carbonyl (C=O) groups is 7. The first-order valence-electron chi connectivity index (χ1n) is 25.3. The molecule has 18 heteroatoms. The van der Waals surface area contributed by atoms with Crippen LogP contribution in [0, 0.1) is 11.8 Å². The van der Waals surface area contributed by atoms with Crippen LogP contribution in [0.4, 0.5) is 9.59 Å². The molecule has 2 heterocycles. The number of hydrogen-bond acceptors (Lipinski definition) is 11. The first kappa shape index (κ1) is 57.8. The molecule has 7 N–H and O–H groups in total. The van der Waals surface area contributed by atoms with Gasteiger partial charge in [0.1, 0.15) is 42.4 Å². The van der Waals surface area contributed by atoms with Crippen molar-refractivity contribution >= 4 is 41.7 Å². The zero-order valence-corrected chi connectivity index (χ0v) is 43.9. The largest absolute Gasteiger partial charge is 0.445 e. The van der Waals surface area contributed by atoms with Gasteiger partial charge in [0.15, 0.2) is 0 Å². The van der Waals surface area contributed by atoms with Gasteiger partial charge in [0.25, 0.3) is 0 Å². The molecule has 18 nitrogen and oxygen atoms in total. The van der Waals surface area contributed by atoms with Gasteiger partial charge in [0, 0.05) is 36.6 Å². The van der Waals surface area contributed by atoms with E-state index in [0.29, 0.717) is 38.5 Å². The van der Waals surface area contributed by atoms with Crippen LogP contribution in [0.1, 0.15) is 139 Å². The van der Waals surface area contributed by atoms with Crippen LogP contribution < -0.4 is 31.9 Å². The number of ether oxygens (including phenoxy) is 2. The Balaban J connectivity index is 1.49. The van der Waals surface area contributed by atoms with Gasteiger partial charge < -0.3 is 51.5 Å². The lowest BCUT2D eigenvalue weighted by Gasteiger charge is -2.51. The van der Waals surface area contributed by atoms with E-state index >= 15 is 0 Å². The summed E-state index contributed by atoms with van der Waals surface area (Å²) < 4.78 is 10.8. The molecule has 0 aliphatic carbocycles. The van der Waals surface area contributed by atoms with Crippen LogP contribution in [-0.4, -0.2) is 123 Å². The minimum absolute atomic E-state index is 0.00163. The van der Waals surface area contributed by atoms with Crippen molar-refractivity contribution in [3.05, 3.63) is 71.8 Å². The van der Waals surface area contributed by atoms with Crippen LogP contribution >= 0.6 is 0 Å². The van der Waals surface area contributed by atoms with Crippen LogP contribution in [0.3, 0.4) is 0 Å². The Labute approximate surface area is 420 Å². The second-order valence-corrected chi connectivity index (χ2v) is 22.1. The summed E-state index contributed by atoms with van der Waals surface area (Å²) in [7, 11) is 0. The van der Waals surface area contributed by atoms with Gasteiger partial charge in [0.2, 0.25) is 29.5 Å². The van der Waals surface area contributed by atoms with Gasteiger partial charge in [-0.3, -0.25) is 24.0 Å². The van der Waals surface area contributed by atoms with Crippen molar-refractivity contribution in [1.29, 1.82) is 0 Å². The Bertz CT molecular complexity index is 2080. The summed E-state index contributed by atoms with van der Waals surface area (Å²) in [6, 6.07) is 13.0. The smallest absolute Gasteiger partial charge is 0.408 e. The lowest BCUT2D eigenvalue weighted by Crippen LogP contribution is -2.64. The van der Waals surface area contributed by atoms with Gasteiger partial charge in [-0.1, -0.05) is 88.4 Å². The summed E-state index contributed by atoms with van der Waals surface area (Å²) in [5.74, 6) is -3.04. The molecule has 0 unspecified atom stereocenters. The highest BCUT2D eigenvalue weighted by atomic mass is 16.6. The van der Waals surface area contributed by atoms with E-state index in [9.17, 15) is 38.8 Å². The molecule has 4 rings (SSSR count). The van der Waals surface area contributed by atoms with Crippen LogP contribution in [0.15, 0.2) is 60.7 Å². The molecule has 2 saturated heterocycles. The number of benzene rings is 2. The van der Waals surface area contributed by atoms with Gasteiger partial charge in [-0.2, -0.15) is 5.06 Å². The second-order valence-electron chi connectivity index (χ2n) is 22.1. The molecule has 2 aliphatic heterocycles. The molecular weight excluding hydrogens is 909 g/mol. The highest BCUT2D eigenvalue weighted by molar-refractivity contribution is 5.96. The molecule has 0 aromatic heterocycles. The van der Waals surface area contributed by atoms with E-state index in [0.717, 1.165) is 11.1 Å². The topological polar surface area (TPSA) is 237 Å². The highest BCUT2D eigenvalue weighted by Crippen LogP contribution is 2.36. The number of nitrogens with zero attached hydrogens (tertiary/aromatic N) is 2. The monoisotopic (exact) mass is 991 g/mol. The van der Waals surface area contributed by atoms with Crippen molar-refractivity contribution in [3.63, 3.8) is 0 Å². The van der Waals surface area contributed by atoms with Crippen LogP contribution in [0.25, 0.3) is 0 Å². The van der Waals surface area contributed by atoms with Gasteiger partial charge in [-0.05, 0) is 123 Å². The summed E-state index contributed by atoms with van der Waals surface area (Å²) in [5.41, 5.74) is -0.481. The first-order chi connectivity index (χ1) is 33.3.